The zero-order chi connectivity index (χ0) is 81.1. The van der Waals surface area contributed by atoms with Crippen LogP contribution >= 0.6 is 0 Å². The molecule has 0 aliphatic heterocycles. The first-order valence-corrected chi connectivity index (χ1v) is 38.4. The van der Waals surface area contributed by atoms with Gasteiger partial charge < -0.3 is 97.6 Å². The Kier molecular flexibility index (Phi) is 43.9. The third-order valence-electron chi connectivity index (χ3n) is 18.0. The number of carbonyl (C=O) groups excluding carboxylic acids is 12. The van der Waals surface area contributed by atoms with Crippen LogP contribution in [0.2, 0.25) is 0 Å². The molecule has 0 saturated heterocycles. The van der Waals surface area contributed by atoms with E-state index in [1.807, 2.05) is 44.2 Å². The van der Waals surface area contributed by atoms with E-state index in [1.165, 1.54) is 20.8 Å². The minimum absolute atomic E-state index is 0.0156. The van der Waals surface area contributed by atoms with E-state index in [2.05, 4.69) is 63.8 Å². The zero-order valence-corrected chi connectivity index (χ0v) is 65.1. The van der Waals surface area contributed by atoms with Gasteiger partial charge in [-0.3, -0.25) is 57.5 Å². The first-order chi connectivity index (χ1) is 51.8. The van der Waals surface area contributed by atoms with Crippen molar-refractivity contribution >= 4 is 76.9 Å². The van der Waals surface area contributed by atoms with Gasteiger partial charge in [-0.15, -0.1) is 0 Å². The highest BCUT2D eigenvalue weighted by Crippen LogP contribution is 2.16. The number of benzene rings is 3. The minimum atomic E-state index is -1.35. The smallest absolute Gasteiger partial charge is 0.326 e. The lowest BCUT2D eigenvalue weighted by Crippen LogP contribution is -2.60. The second kappa shape index (κ2) is 51.1. The summed E-state index contributed by atoms with van der Waals surface area (Å²) in [6.45, 7) is 16.2. The van der Waals surface area contributed by atoms with Gasteiger partial charge in [0.1, 0.15) is 72.5 Å². The summed E-state index contributed by atoms with van der Waals surface area (Å²) in [5.41, 5.74) is 31.7. The van der Waals surface area contributed by atoms with Crippen LogP contribution in [0.3, 0.4) is 0 Å². The molecule has 12 amide bonds. The van der Waals surface area contributed by atoms with E-state index in [4.69, 9.17) is 28.7 Å². The van der Waals surface area contributed by atoms with Gasteiger partial charge in [-0.25, -0.2) is 4.79 Å². The highest BCUT2D eigenvalue weighted by Gasteiger charge is 2.37. The van der Waals surface area contributed by atoms with Crippen LogP contribution in [-0.2, 0) is 81.6 Å². The molecule has 0 saturated carbocycles. The molecule has 0 spiro atoms. The van der Waals surface area contributed by atoms with Crippen molar-refractivity contribution in [3.05, 3.63) is 108 Å². The number of carbonyl (C=O) groups is 13. The molecule has 0 heterocycles. The molecular weight excluding hydrogens is 1400 g/mol. The van der Waals surface area contributed by atoms with Gasteiger partial charge in [-0.1, -0.05) is 133 Å². The van der Waals surface area contributed by atoms with Crippen LogP contribution in [0.4, 0.5) is 0 Å². The van der Waals surface area contributed by atoms with Crippen molar-refractivity contribution in [2.24, 2.45) is 46.4 Å². The van der Waals surface area contributed by atoms with Crippen LogP contribution in [0.15, 0.2) is 91.0 Å². The van der Waals surface area contributed by atoms with Crippen LogP contribution in [-0.4, -0.2) is 187 Å². The highest BCUT2D eigenvalue weighted by molar-refractivity contribution is 5.99. The summed E-state index contributed by atoms with van der Waals surface area (Å²) in [5.74, 6) is -10.7. The number of nitrogens with two attached hydrogens (primary N) is 5. The summed E-state index contributed by atoms with van der Waals surface area (Å²) in [6.07, 6.45) is 4.19. The van der Waals surface area contributed by atoms with Crippen molar-refractivity contribution in [3.63, 3.8) is 0 Å². The number of carboxylic acid groups (broad SMARTS) is 1. The molecule has 0 radical (unpaired) electrons. The third kappa shape index (κ3) is 36.6. The number of hydrogen-bond acceptors (Lipinski definition) is 18. The molecule has 0 fully saturated rings. The van der Waals surface area contributed by atoms with Crippen molar-refractivity contribution in [3.8, 4) is 0 Å². The average Bonchev–Trinajstić information content (AvgIpc) is 0.864. The van der Waals surface area contributed by atoms with Gasteiger partial charge in [-0.05, 0) is 184 Å². The average molecular weight is 1520 g/mol. The van der Waals surface area contributed by atoms with E-state index in [-0.39, 0.29) is 102 Å². The number of amides is 12. The van der Waals surface area contributed by atoms with E-state index in [9.17, 15) is 67.4 Å². The van der Waals surface area contributed by atoms with Gasteiger partial charge in [0.15, 0.2) is 0 Å². The molecule has 0 bridgehead atoms. The maximum atomic E-state index is 14.7. The van der Waals surface area contributed by atoms with Gasteiger partial charge in [0.25, 0.3) is 0 Å². The van der Waals surface area contributed by atoms with Crippen molar-refractivity contribution in [2.45, 2.75) is 256 Å². The number of rotatable bonds is 53. The number of aliphatic carboxylic acids is 1. The van der Waals surface area contributed by atoms with E-state index in [0.717, 1.165) is 5.56 Å². The Labute approximate surface area is 642 Å². The summed E-state index contributed by atoms with van der Waals surface area (Å²) in [7, 11) is 0. The number of nitrogens with one attached hydrogen (secondary N) is 12. The van der Waals surface area contributed by atoms with Crippen molar-refractivity contribution in [2.75, 3.05) is 26.2 Å². The van der Waals surface area contributed by atoms with Gasteiger partial charge in [0, 0.05) is 12.8 Å². The molecule has 31 heteroatoms. The molecule has 3 rings (SSSR count). The Morgan fingerprint density at radius 3 is 0.780 bits per heavy atom. The number of carboxylic acids is 1. The maximum Gasteiger partial charge on any atom is 0.326 e. The molecule has 606 valence electrons. The molecule has 0 aliphatic carbocycles. The fourth-order valence-electron chi connectivity index (χ4n) is 11.9. The Morgan fingerprint density at radius 1 is 0.275 bits per heavy atom. The normalized spacial score (nSPS) is 14.9. The van der Waals surface area contributed by atoms with Crippen LogP contribution in [0.25, 0.3) is 0 Å². The van der Waals surface area contributed by atoms with Crippen molar-refractivity contribution in [1.82, 2.24) is 63.8 Å². The molecule has 109 heavy (non-hydrogen) atoms. The molecule has 3 aromatic rings. The fraction of sp³-hybridized carbons (Fsp3) is 0.603. The van der Waals surface area contributed by atoms with E-state index >= 15 is 0 Å². The van der Waals surface area contributed by atoms with Gasteiger partial charge in [0.05, 0.1) is 6.04 Å². The third-order valence-corrected chi connectivity index (χ3v) is 18.0. The lowest BCUT2D eigenvalue weighted by atomic mass is 10.0. The van der Waals surface area contributed by atoms with Crippen LogP contribution in [0.5, 0.6) is 0 Å². The molecule has 3 aromatic carbocycles. The SMILES string of the molecule is CC(C)C[C@H](NC(=O)[C@H](Cc1ccccc1)NC(=O)[C@H](C)NC(=O)[C@H](CCCCN)NC(=O)[C@H](CCCCN)NC(=O)[C@H](C)NC(=O)[C@H](CC(C)C)NC(=O)[C@H](CCCCN)NC(=O)[C@H](Cc1ccccc1)NC(=O)[C@H](C)NC(=O)[C@H](CC(C)C)NC(=O)[C@H](CCCCN)NC(=O)[C@@H](N)Cc1ccccc1)C(=O)O. The van der Waals surface area contributed by atoms with Crippen LogP contribution in [0.1, 0.15) is 175 Å². The topological polar surface area (TPSA) is 517 Å². The Balaban J connectivity index is 1.84. The van der Waals surface area contributed by atoms with E-state index in [0.29, 0.717) is 69.0 Å². The van der Waals surface area contributed by atoms with Gasteiger partial charge in [0.2, 0.25) is 70.9 Å². The van der Waals surface area contributed by atoms with E-state index < -0.39 is 155 Å². The fourth-order valence-corrected chi connectivity index (χ4v) is 11.9. The summed E-state index contributed by atoms with van der Waals surface area (Å²) in [4.78, 5) is 182. The van der Waals surface area contributed by atoms with Crippen LogP contribution in [0, 0.1) is 17.8 Å². The molecule has 31 nitrogen and oxygen atoms in total. The predicted octanol–water partition coefficient (Wildman–Crippen LogP) is 0.658. The summed E-state index contributed by atoms with van der Waals surface area (Å²) < 4.78 is 0. The molecule has 0 unspecified atom stereocenters. The monoisotopic (exact) mass is 1520 g/mol. The standard InChI is InChI=1S/C78H125N17O14/c1-47(2)41-61(93-72(102)59(35-21-25-39-81)88-69(99)56(83)44-53-27-13-10-14-28-53)75(105)86-52(9)68(98)91-63(45-54-29-15-11-16-30-54)76(106)90-60(36-22-26-40-82)73(103)94-62(42-48(3)4)74(104)85-50(7)66(96)87-58(34-20-24-38-80)71(101)89-57(33-19-23-37-79)70(100)84-51(8)67(97)92-64(46-55-31-17-12-18-32-55)77(107)95-65(78(108)109)43-49(5)6/h10-18,27-32,47-52,56-65H,19-26,33-46,79-83H2,1-9H3,(H,84,100)(H,85,104)(H,86,105)(H,87,96)(H,88,99)(H,89,101)(H,90,106)(H,91,98)(H,92,97)(H,93,102)(H,94,103)(H,95,107)(H,108,109)/t50-,51-,52-,56-,57-,58-,59-,60-,61-,62-,63-,64-,65-/m0/s1. The maximum absolute atomic E-state index is 14.7. The summed E-state index contributed by atoms with van der Waals surface area (Å²) in [6, 6.07) is 10.4. The quantitative estimate of drug-likeness (QED) is 0.0345. The predicted molar refractivity (Wildman–Crippen MR) is 416 cm³/mol. The summed E-state index contributed by atoms with van der Waals surface area (Å²) in [5, 5.41) is 42.3. The number of hydrogen-bond donors (Lipinski definition) is 18. The number of unbranched alkanes of at least 4 members (excludes halogenated alkanes) is 4. The minimum Gasteiger partial charge on any atom is -0.480 e. The molecule has 13 atom stereocenters. The Bertz CT molecular complexity index is 3340. The summed E-state index contributed by atoms with van der Waals surface area (Å²) >= 11 is 0. The van der Waals surface area contributed by atoms with Crippen LogP contribution < -0.4 is 92.5 Å². The lowest BCUT2D eigenvalue weighted by Gasteiger charge is -2.28. The molecule has 23 N–H and O–H groups in total. The first kappa shape index (κ1) is 93.8. The molecule has 0 aliphatic rings. The van der Waals surface area contributed by atoms with Crippen molar-refractivity contribution < 1.29 is 67.4 Å². The second-order valence-corrected chi connectivity index (χ2v) is 29.3. The second-order valence-electron chi connectivity index (χ2n) is 29.3. The molecular formula is C78H125N17O14. The zero-order valence-electron chi connectivity index (χ0n) is 65.1. The van der Waals surface area contributed by atoms with Crippen molar-refractivity contribution in [1.29, 1.82) is 0 Å². The Hall–Kier alpha value is -9.43. The highest BCUT2D eigenvalue weighted by atomic mass is 16.4. The van der Waals surface area contributed by atoms with Gasteiger partial charge >= 0.3 is 5.97 Å². The Morgan fingerprint density at radius 2 is 0.495 bits per heavy atom. The lowest BCUT2D eigenvalue weighted by molar-refractivity contribution is -0.142. The molecule has 0 aromatic heterocycles. The van der Waals surface area contributed by atoms with E-state index in [1.54, 1.807) is 88.4 Å². The first-order valence-electron chi connectivity index (χ1n) is 38.4. The van der Waals surface area contributed by atoms with Gasteiger partial charge in [-0.2, -0.15) is 0 Å². The largest absolute Gasteiger partial charge is 0.480 e.